The van der Waals surface area contributed by atoms with Crippen molar-refractivity contribution in [3.05, 3.63) is 83.2 Å². The Bertz CT molecular complexity index is 952. The molecule has 1 heterocycles. The molecule has 0 saturated heterocycles. The molecule has 2 atom stereocenters. The van der Waals surface area contributed by atoms with E-state index in [9.17, 15) is 22.0 Å². The molecule has 3 rings (SSSR count). The Morgan fingerprint density at radius 1 is 0.897 bits per heavy atom. The van der Waals surface area contributed by atoms with Gasteiger partial charge in [0.15, 0.2) is 23.3 Å². The van der Waals surface area contributed by atoms with E-state index in [-0.39, 0.29) is 5.92 Å². The van der Waals surface area contributed by atoms with E-state index in [0.29, 0.717) is 6.42 Å². The molecule has 0 aliphatic carbocycles. The monoisotopic (exact) mass is 407 g/mol. The summed E-state index contributed by atoms with van der Waals surface area (Å²) in [5.74, 6) is -9.89. The second kappa shape index (κ2) is 7.39. The zero-order chi connectivity index (χ0) is 21.6. The number of nitrogens with zero attached hydrogens (tertiary/aromatic N) is 1. The molecule has 1 aliphatic rings. The van der Waals surface area contributed by atoms with Crippen molar-refractivity contribution in [1.82, 2.24) is 0 Å². The molecule has 0 spiro atoms. The van der Waals surface area contributed by atoms with E-state index in [1.807, 2.05) is 44.2 Å². The summed E-state index contributed by atoms with van der Waals surface area (Å²) in [6.07, 6.45) is 1.74. The van der Waals surface area contributed by atoms with Crippen LogP contribution in [0.2, 0.25) is 0 Å². The van der Waals surface area contributed by atoms with Gasteiger partial charge in [0.2, 0.25) is 5.82 Å². The summed E-state index contributed by atoms with van der Waals surface area (Å²) in [7, 11) is 0. The van der Waals surface area contributed by atoms with Crippen molar-refractivity contribution < 1.29 is 22.0 Å². The second-order valence-electron chi connectivity index (χ2n) is 8.21. The highest BCUT2D eigenvalue weighted by Crippen LogP contribution is 2.50. The molecule has 1 aliphatic heterocycles. The van der Waals surface area contributed by atoms with Crippen molar-refractivity contribution >= 4 is 5.71 Å². The molecule has 2 aromatic rings. The van der Waals surface area contributed by atoms with E-state index < -0.39 is 52.0 Å². The summed E-state index contributed by atoms with van der Waals surface area (Å²) >= 11 is 0. The molecule has 0 amide bonds. The Morgan fingerprint density at radius 3 is 1.93 bits per heavy atom. The molecule has 6 heteroatoms. The lowest BCUT2D eigenvalue weighted by molar-refractivity contribution is 0.212. The number of rotatable bonds is 5. The van der Waals surface area contributed by atoms with Crippen molar-refractivity contribution in [2.75, 3.05) is 0 Å². The third kappa shape index (κ3) is 3.38. The van der Waals surface area contributed by atoms with Crippen molar-refractivity contribution in [2.45, 2.75) is 39.2 Å². The average Bonchev–Trinajstić information content (AvgIpc) is 2.90. The quantitative estimate of drug-likeness (QED) is 0.235. The molecule has 1 nitrogen and oxygen atoms in total. The van der Waals surface area contributed by atoms with Crippen molar-refractivity contribution in [3.8, 4) is 0 Å². The number of halogens is 5. The van der Waals surface area contributed by atoms with Crippen LogP contribution in [0.15, 0.2) is 48.0 Å². The normalized spacial score (nSPS) is 23.2. The van der Waals surface area contributed by atoms with E-state index in [1.54, 1.807) is 13.0 Å². The minimum absolute atomic E-state index is 0.252. The maximum Gasteiger partial charge on any atom is 0.200 e. The number of allylic oxidation sites excluding steroid dienone is 1. The zero-order valence-corrected chi connectivity index (χ0v) is 16.5. The lowest BCUT2D eigenvalue weighted by atomic mass is 9.66. The minimum Gasteiger partial charge on any atom is -0.282 e. The fourth-order valence-electron chi connectivity index (χ4n) is 4.49. The first-order valence-corrected chi connectivity index (χ1v) is 9.31. The van der Waals surface area contributed by atoms with Gasteiger partial charge < -0.3 is 0 Å². The smallest absolute Gasteiger partial charge is 0.200 e. The van der Waals surface area contributed by atoms with E-state index in [1.165, 1.54) is 0 Å². The molecular formula is C23H22F5N. The molecule has 0 bridgehead atoms. The van der Waals surface area contributed by atoms with E-state index in [0.717, 1.165) is 11.3 Å². The van der Waals surface area contributed by atoms with Gasteiger partial charge in [-0.25, -0.2) is 22.0 Å². The Morgan fingerprint density at radius 2 is 1.41 bits per heavy atom. The largest absolute Gasteiger partial charge is 0.282 e. The standard InChI is InChI=1S/C23H22F5N/c1-5-9-15-22(2,3)21(13-10-7-6-8-11-13)29-23(15,4)12-14-16(24)18(26)20(28)19(27)17(14)25/h5-8,10-11,15H,1,9,12H2,2-4H3/t15-,23+/m1/s1. The van der Waals surface area contributed by atoms with Crippen molar-refractivity contribution in [2.24, 2.45) is 16.3 Å². The maximum atomic E-state index is 14.4. The number of hydrogen-bond acceptors (Lipinski definition) is 1. The predicted octanol–water partition coefficient (Wildman–Crippen LogP) is 6.40. The Labute approximate surface area is 167 Å². The van der Waals surface area contributed by atoms with Crippen LogP contribution in [0.1, 0.15) is 38.3 Å². The SMILES string of the molecule is C=CC[C@@H]1C(C)(C)C(c2ccccc2)=N[C@@]1(C)Cc1c(F)c(F)c(F)c(F)c1F. The molecule has 0 N–H and O–H groups in total. The first kappa shape index (κ1) is 21.2. The molecule has 0 saturated carbocycles. The van der Waals surface area contributed by atoms with Gasteiger partial charge in [-0.05, 0) is 24.8 Å². The van der Waals surface area contributed by atoms with E-state index in [2.05, 4.69) is 6.58 Å². The van der Waals surface area contributed by atoms with Gasteiger partial charge in [0.1, 0.15) is 0 Å². The highest BCUT2D eigenvalue weighted by molar-refractivity contribution is 6.06. The zero-order valence-electron chi connectivity index (χ0n) is 16.5. The van der Waals surface area contributed by atoms with Crippen LogP contribution in [-0.2, 0) is 6.42 Å². The minimum atomic E-state index is -2.16. The molecule has 0 fully saturated rings. The Balaban J connectivity index is 2.16. The fraction of sp³-hybridized carbons (Fsp3) is 0.348. The number of benzene rings is 2. The lowest BCUT2D eigenvalue weighted by Crippen LogP contribution is -2.40. The highest BCUT2D eigenvalue weighted by atomic mass is 19.2. The van der Waals surface area contributed by atoms with Crippen LogP contribution in [0.5, 0.6) is 0 Å². The van der Waals surface area contributed by atoms with Crippen LogP contribution in [0, 0.1) is 40.4 Å². The van der Waals surface area contributed by atoms with E-state index in [4.69, 9.17) is 4.99 Å². The van der Waals surface area contributed by atoms with Crippen LogP contribution in [0.4, 0.5) is 22.0 Å². The Kier molecular flexibility index (Phi) is 5.41. The third-order valence-electron chi connectivity index (χ3n) is 5.88. The van der Waals surface area contributed by atoms with Crippen molar-refractivity contribution in [1.29, 1.82) is 0 Å². The van der Waals surface area contributed by atoms with Gasteiger partial charge in [-0.15, -0.1) is 6.58 Å². The molecule has 0 unspecified atom stereocenters. The molecule has 0 aromatic heterocycles. The van der Waals surface area contributed by atoms with Gasteiger partial charge in [0.25, 0.3) is 0 Å². The molecule has 0 radical (unpaired) electrons. The topological polar surface area (TPSA) is 12.4 Å². The van der Waals surface area contributed by atoms with Gasteiger partial charge in [-0.2, -0.15) is 0 Å². The summed E-state index contributed by atoms with van der Waals surface area (Å²) in [6, 6.07) is 9.35. The summed E-state index contributed by atoms with van der Waals surface area (Å²) in [4.78, 5) is 4.80. The van der Waals surface area contributed by atoms with Crippen LogP contribution >= 0.6 is 0 Å². The number of hydrogen-bond donors (Lipinski definition) is 0. The fourth-order valence-corrected chi connectivity index (χ4v) is 4.49. The molecule has 2 aromatic carbocycles. The predicted molar refractivity (Wildman–Crippen MR) is 103 cm³/mol. The van der Waals surface area contributed by atoms with Gasteiger partial charge >= 0.3 is 0 Å². The first-order valence-electron chi connectivity index (χ1n) is 9.31. The molecule has 29 heavy (non-hydrogen) atoms. The van der Waals surface area contributed by atoms with Crippen LogP contribution < -0.4 is 0 Å². The summed E-state index contributed by atoms with van der Waals surface area (Å²) in [5, 5.41) is 0. The van der Waals surface area contributed by atoms with Gasteiger partial charge in [-0.1, -0.05) is 50.3 Å². The van der Waals surface area contributed by atoms with Crippen LogP contribution in [0.3, 0.4) is 0 Å². The van der Waals surface area contributed by atoms with Gasteiger partial charge in [-0.3, -0.25) is 4.99 Å². The summed E-state index contributed by atoms with van der Waals surface area (Å²) < 4.78 is 69.6. The lowest BCUT2D eigenvalue weighted by Gasteiger charge is -2.37. The van der Waals surface area contributed by atoms with E-state index >= 15 is 0 Å². The van der Waals surface area contributed by atoms with Crippen LogP contribution in [0.25, 0.3) is 0 Å². The molecular weight excluding hydrogens is 385 g/mol. The van der Waals surface area contributed by atoms with Crippen molar-refractivity contribution in [3.63, 3.8) is 0 Å². The number of aliphatic imine (C=N–C) groups is 1. The summed E-state index contributed by atoms with van der Waals surface area (Å²) in [5.41, 5.74) is -0.842. The highest BCUT2D eigenvalue weighted by Gasteiger charge is 2.52. The molecule has 154 valence electrons. The Hall–Kier alpha value is -2.50. The maximum absolute atomic E-state index is 14.4. The van der Waals surface area contributed by atoms with Crippen LogP contribution in [-0.4, -0.2) is 11.3 Å². The van der Waals surface area contributed by atoms with Gasteiger partial charge in [0.05, 0.1) is 5.54 Å². The summed E-state index contributed by atoms with van der Waals surface area (Å²) in [6.45, 7) is 9.40. The second-order valence-corrected chi connectivity index (χ2v) is 8.21. The first-order chi connectivity index (χ1) is 13.5. The average molecular weight is 407 g/mol. The van der Waals surface area contributed by atoms with Gasteiger partial charge in [0, 0.05) is 23.1 Å². The third-order valence-corrected chi connectivity index (χ3v) is 5.88.